The van der Waals surface area contributed by atoms with E-state index < -0.39 is 0 Å². The lowest BCUT2D eigenvalue weighted by Crippen LogP contribution is -2.31. The van der Waals surface area contributed by atoms with Crippen LogP contribution in [-0.2, 0) is 6.54 Å². The number of thiophene rings is 1. The molecule has 0 aromatic carbocycles. The predicted molar refractivity (Wildman–Crippen MR) is 128 cm³/mol. The van der Waals surface area contributed by atoms with Crippen LogP contribution >= 0.6 is 27.3 Å². The Labute approximate surface area is 191 Å². The zero-order valence-electron chi connectivity index (χ0n) is 17.3. The molecule has 0 radical (unpaired) electrons. The highest BCUT2D eigenvalue weighted by atomic mass is 79.9. The van der Waals surface area contributed by atoms with E-state index >= 15 is 0 Å². The van der Waals surface area contributed by atoms with E-state index in [0.717, 1.165) is 49.4 Å². The first-order valence-electron chi connectivity index (χ1n) is 10.2. The highest BCUT2D eigenvalue weighted by Gasteiger charge is 2.20. The lowest BCUT2D eigenvalue weighted by atomic mass is 10.1. The number of carbonyl (C=O) groups is 1. The highest BCUT2D eigenvalue weighted by Crippen LogP contribution is 2.22. The van der Waals surface area contributed by atoms with Gasteiger partial charge in [-0.1, -0.05) is 6.07 Å². The van der Waals surface area contributed by atoms with Gasteiger partial charge in [-0.2, -0.15) is 0 Å². The number of pyridine rings is 2. The molecule has 158 valence electrons. The van der Waals surface area contributed by atoms with Crippen LogP contribution in [0.4, 0.5) is 5.82 Å². The van der Waals surface area contributed by atoms with Gasteiger partial charge in [0.2, 0.25) is 5.78 Å². The molecule has 0 bridgehead atoms. The molecular weight excluding hydrogens is 460 g/mol. The monoisotopic (exact) mass is 486 g/mol. The molecule has 0 spiro atoms. The second-order valence-corrected chi connectivity index (χ2v) is 9.56. The SMILES string of the molecule is Cc1ccsc1CN1CCCN(c2cccc(C(=O)c3cc(Br)cnc3C)n2)CC1.[HH]. The third-order valence-electron chi connectivity index (χ3n) is 5.51. The van der Waals surface area contributed by atoms with E-state index in [2.05, 4.69) is 49.1 Å². The second kappa shape index (κ2) is 9.37. The second-order valence-electron chi connectivity index (χ2n) is 7.64. The van der Waals surface area contributed by atoms with Gasteiger partial charge in [-0.3, -0.25) is 14.7 Å². The van der Waals surface area contributed by atoms with Crippen LogP contribution in [0.15, 0.2) is 46.4 Å². The van der Waals surface area contributed by atoms with Gasteiger partial charge in [-0.15, -0.1) is 11.3 Å². The van der Waals surface area contributed by atoms with Crippen LogP contribution in [0.1, 0.15) is 40.0 Å². The van der Waals surface area contributed by atoms with E-state index in [9.17, 15) is 4.79 Å². The zero-order valence-corrected chi connectivity index (χ0v) is 19.7. The van der Waals surface area contributed by atoms with Gasteiger partial charge in [0.25, 0.3) is 0 Å². The average Bonchev–Trinajstić information content (AvgIpc) is 3.00. The van der Waals surface area contributed by atoms with Crippen LogP contribution in [0.3, 0.4) is 0 Å². The smallest absolute Gasteiger partial charge is 0.213 e. The minimum absolute atomic E-state index is 0. The molecule has 0 atom stereocenters. The predicted octanol–water partition coefficient (Wildman–Crippen LogP) is 5.11. The van der Waals surface area contributed by atoms with Crippen molar-refractivity contribution in [3.63, 3.8) is 0 Å². The Morgan fingerprint density at radius 1 is 1.20 bits per heavy atom. The summed E-state index contributed by atoms with van der Waals surface area (Å²) in [5.41, 5.74) is 3.14. The first kappa shape index (κ1) is 21.2. The van der Waals surface area contributed by atoms with Crippen molar-refractivity contribution in [3.05, 3.63) is 73.8 Å². The minimum Gasteiger partial charge on any atom is -0.355 e. The Hall–Kier alpha value is -2.09. The number of rotatable bonds is 5. The van der Waals surface area contributed by atoms with E-state index in [1.807, 2.05) is 36.5 Å². The van der Waals surface area contributed by atoms with Gasteiger partial charge in [0.05, 0.1) is 0 Å². The Bertz CT molecular complexity index is 1060. The summed E-state index contributed by atoms with van der Waals surface area (Å²) in [6.45, 7) is 8.97. The molecule has 0 amide bonds. The molecule has 1 fully saturated rings. The van der Waals surface area contributed by atoms with E-state index in [1.165, 1.54) is 10.4 Å². The van der Waals surface area contributed by atoms with Crippen LogP contribution in [0, 0.1) is 13.8 Å². The molecule has 0 aliphatic carbocycles. The van der Waals surface area contributed by atoms with Crippen LogP contribution in [-0.4, -0.2) is 46.8 Å². The first-order chi connectivity index (χ1) is 14.5. The molecule has 0 saturated carbocycles. The molecule has 3 aromatic rings. The standard InChI is InChI=1S/C23H25BrN4OS.H2/c1-16-7-12-30-21(16)15-27-8-4-9-28(11-10-27)22-6-3-5-20(26-22)23(29)19-13-18(24)14-25-17(19)2;/h3,5-7,12-14H,4,8-11,15H2,1-2H3;1H. The van der Waals surface area contributed by atoms with Gasteiger partial charge in [0.15, 0.2) is 0 Å². The van der Waals surface area contributed by atoms with Crippen molar-refractivity contribution in [2.24, 2.45) is 0 Å². The summed E-state index contributed by atoms with van der Waals surface area (Å²) in [5.74, 6) is 0.781. The topological polar surface area (TPSA) is 49.3 Å². The molecule has 5 nitrogen and oxygen atoms in total. The largest absolute Gasteiger partial charge is 0.355 e. The number of anilines is 1. The van der Waals surface area contributed by atoms with Crippen molar-refractivity contribution in [2.45, 2.75) is 26.8 Å². The van der Waals surface area contributed by atoms with Crippen LogP contribution in [0.5, 0.6) is 0 Å². The molecule has 1 aliphatic heterocycles. The van der Waals surface area contributed by atoms with E-state index in [-0.39, 0.29) is 7.21 Å². The average molecular weight is 487 g/mol. The van der Waals surface area contributed by atoms with E-state index in [4.69, 9.17) is 4.98 Å². The molecule has 4 rings (SSSR count). The summed E-state index contributed by atoms with van der Waals surface area (Å²) in [7, 11) is 0. The summed E-state index contributed by atoms with van der Waals surface area (Å²) in [5, 5.41) is 2.17. The third-order valence-corrected chi connectivity index (χ3v) is 6.95. The summed E-state index contributed by atoms with van der Waals surface area (Å²) in [6.07, 6.45) is 2.79. The Morgan fingerprint density at radius 3 is 2.87 bits per heavy atom. The van der Waals surface area contributed by atoms with Crippen molar-refractivity contribution >= 4 is 38.9 Å². The number of aromatic nitrogens is 2. The van der Waals surface area contributed by atoms with Crippen LogP contribution < -0.4 is 4.90 Å². The van der Waals surface area contributed by atoms with Gasteiger partial charge in [-0.05, 0) is 71.4 Å². The van der Waals surface area contributed by atoms with Gasteiger partial charge < -0.3 is 4.90 Å². The Morgan fingerprint density at radius 2 is 2.07 bits per heavy atom. The molecular formula is C23H27BrN4OS. The summed E-state index contributed by atoms with van der Waals surface area (Å²) >= 11 is 5.25. The van der Waals surface area contributed by atoms with Crippen molar-refractivity contribution in [1.29, 1.82) is 0 Å². The quantitative estimate of drug-likeness (QED) is 0.469. The fourth-order valence-corrected chi connectivity index (χ4v) is 5.01. The number of ketones is 1. The van der Waals surface area contributed by atoms with Gasteiger partial charge >= 0.3 is 0 Å². The minimum atomic E-state index is -0.0900. The molecule has 1 aliphatic rings. The lowest BCUT2D eigenvalue weighted by molar-refractivity contribution is 0.103. The van der Waals surface area contributed by atoms with Crippen molar-refractivity contribution in [1.82, 2.24) is 14.9 Å². The molecule has 30 heavy (non-hydrogen) atoms. The van der Waals surface area contributed by atoms with Crippen molar-refractivity contribution < 1.29 is 6.22 Å². The fraction of sp³-hybridized carbons (Fsp3) is 0.348. The number of nitrogens with zero attached hydrogens (tertiary/aromatic N) is 4. The van der Waals surface area contributed by atoms with Crippen molar-refractivity contribution in [3.8, 4) is 0 Å². The summed E-state index contributed by atoms with van der Waals surface area (Å²) in [4.78, 5) is 28.3. The molecule has 1 saturated heterocycles. The lowest BCUT2D eigenvalue weighted by Gasteiger charge is -2.23. The fourth-order valence-electron chi connectivity index (χ4n) is 3.73. The molecule has 0 unspecified atom stereocenters. The number of hydrogen-bond acceptors (Lipinski definition) is 6. The molecule has 0 N–H and O–H groups in total. The van der Waals surface area contributed by atoms with Gasteiger partial charge in [-0.25, -0.2) is 4.98 Å². The van der Waals surface area contributed by atoms with Crippen LogP contribution in [0.2, 0.25) is 0 Å². The van der Waals surface area contributed by atoms with E-state index in [1.54, 1.807) is 12.3 Å². The maximum atomic E-state index is 13.0. The summed E-state index contributed by atoms with van der Waals surface area (Å²) in [6, 6.07) is 9.72. The maximum absolute atomic E-state index is 13.0. The number of aryl methyl sites for hydroxylation is 2. The van der Waals surface area contributed by atoms with Crippen LogP contribution in [0.25, 0.3) is 0 Å². The molecule has 4 heterocycles. The third kappa shape index (κ3) is 4.79. The maximum Gasteiger partial charge on any atom is 0.213 e. The summed E-state index contributed by atoms with van der Waals surface area (Å²) < 4.78 is 0.793. The molecule has 7 heteroatoms. The normalized spacial score (nSPS) is 15.2. The Balaban J connectivity index is 0.00000272. The number of halogens is 1. The Kier molecular flexibility index (Phi) is 6.61. The molecule has 3 aromatic heterocycles. The number of hydrogen-bond donors (Lipinski definition) is 0. The zero-order chi connectivity index (χ0) is 21.1. The highest BCUT2D eigenvalue weighted by molar-refractivity contribution is 9.10. The van der Waals surface area contributed by atoms with Gasteiger partial charge in [0.1, 0.15) is 11.5 Å². The van der Waals surface area contributed by atoms with Crippen molar-refractivity contribution in [2.75, 3.05) is 31.1 Å². The number of carbonyl (C=O) groups excluding carboxylic acids is 1. The first-order valence-corrected chi connectivity index (χ1v) is 11.8. The van der Waals surface area contributed by atoms with E-state index in [0.29, 0.717) is 17.0 Å². The van der Waals surface area contributed by atoms with Gasteiger partial charge in [0, 0.05) is 61.0 Å².